The number of aryl methyl sites for hydroxylation is 1. The third-order valence-corrected chi connectivity index (χ3v) is 2.85. The van der Waals surface area contributed by atoms with Gasteiger partial charge in [0.2, 0.25) is 0 Å². The Kier molecular flexibility index (Phi) is 2.77. The summed E-state index contributed by atoms with van der Waals surface area (Å²) in [4.78, 5) is 11.7. The Morgan fingerprint density at radius 3 is 2.87 bits per heavy atom. The van der Waals surface area contributed by atoms with E-state index >= 15 is 0 Å². The van der Waals surface area contributed by atoms with Gasteiger partial charge < -0.3 is 15.5 Å². The lowest BCUT2D eigenvalue weighted by molar-refractivity contribution is 0.0905. The first-order valence-corrected chi connectivity index (χ1v) is 5.29. The number of nitrogens with two attached hydrogens (primary N) is 1. The van der Waals surface area contributed by atoms with Crippen LogP contribution in [0.1, 0.15) is 35.6 Å². The van der Waals surface area contributed by atoms with Gasteiger partial charge in [-0.25, -0.2) is 0 Å². The molecule has 1 saturated carbocycles. The SMILES string of the molecule is Cc1ccc(C(=O)NC2CCCC2N)o1. The minimum Gasteiger partial charge on any atom is -0.456 e. The monoisotopic (exact) mass is 208 g/mol. The molecule has 1 amide bonds. The lowest BCUT2D eigenvalue weighted by Gasteiger charge is -2.16. The van der Waals surface area contributed by atoms with Gasteiger partial charge in [0.1, 0.15) is 5.76 Å². The van der Waals surface area contributed by atoms with Gasteiger partial charge >= 0.3 is 0 Å². The smallest absolute Gasteiger partial charge is 0.287 e. The summed E-state index contributed by atoms with van der Waals surface area (Å²) in [7, 11) is 0. The van der Waals surface area contributed by atoms with Crippen LogP contribution in [0.5, 0.6) is 0 Å². The van der Waals surface area contributed by atoms with Gasteiger partial charge in [0.05, 0.1) is 0 Å². The van der Waals surface area contributed by atoms with E-state index in [1.165, 1.54) is 0 Å². The molecule has 0 aliphatic heterocycles. The third-order valence-electron chi connectivity index (χ3n) is 2.85. The van der Waals surface area contributed by atoms with Crippen molar-refractivity contribution in [1.29, 1.82) is 0 Å². The van der Waals surface area contributed by atoms with Crippen molar-refractivity contribution in [2.24, 2.45) is 5.73 Å². The third kappa shape index (κ3) is 2.21. The second-order valence-electron chi connectivity index (χ2n) is 4.09. The van der Waals surface area contributed by atoms with Gasteiger partial charge in [-0.05, 0) is 38.3 Å². The van der Waals surface area contributed by atoms with Crippen LogP contribution >= 0.6 is 0 Å². The van der Waals surface area contributed by atoms with Crippen molar-refractivity contribution < 1.29 is 9.21 Å². The molecule has 82 valence electrons. The van der Waals surface area contributed by atoms with Crippen LogP contribution in [0.4, 0.5) is 0 Å². The first-order chi connectivity index (χ1) is 7.16. The maximum atomic E-state index is 11.7. The topological polar surface area (TPSA) is 68.3 Å². The van der Waals surface area contributed by atoms with Gasteiger partial charge in [-0.1, -0.05) is 0 Å². The highest BCUT2D eigenvalue weighted by Gasteiger charge is 2.26. The van der Waals surface area contributed by atoms with Gasteiger partial charge in [0, 0.05) is 12.1 Å². The Balaban J connectivity index is 1.97. The fraction of sp³-hybridized carbons (Fsp3) is 0.545. The van der Waals surface area contributed by atoms with Crippen molar-refractivity contribution in [2.75, 3.05) is 0 Å². The number of amides is 1. The Morgan fingerprint density at radius 1 is 1.53 bits per heavy atom. The summed E-state index contributed by atoms with van der Waals surface area (Å²) in [5.74, 6) is 0.952. The minimum absolute atomic E-state index is 0.0880. The van der Waals surface area contributed by atoms with Crippen LogP contribution < -0.4 is 11.1 Å². The van der Waals surface area contributed by atoms with E-state index in [4.69, 9.17) is 10.2 Å². The number of hydrogen-bond acceptors (Lipinski definition) is 3. The zero-order chi connectivity index (χ0) is 10.8. The number of carbonyl (C=O) groups is 1. The predicted octanol–water partition coefficient (Wildman–Crippen LogP) is 1.20. The molecule has 0 saturated heterocycles. The lowest BCUT2D eigenvalue weighted by Crippen LogP contribution is -2.43. The van der Waals surface area contributed by atoms with Gasteiger partial charge in [-0.2, -0.15) is 0 Å². The molecular formula is C11H16N2O2. The molecule has 1 aliphatic rings. The molecule has 4 heteroatoms. The maximum absolute atomic E-state index is 11.7. The summed E-state index contributed by atoms with van der Waals surface area (Å²) in [5.41, 5.74) is 5.87. The highest BCUT2D eigenvalue weighted by Crippen LogP contribution is 2.17. The van der Waals surface area contributed by atoms with Crippen LogP contribution in [0.15, 0.2) is 16.5 Å². The van der Waals surface area contributed by atoms with Crippen molar-refractivity contribution in [1.82, 2.24) is 5.32 Å². The molecule has 3 N–H and O–H groups in total. The molecule has 1 fully saturated rings. The van der Waals surface area contributed by atoms with Crippen LogP contribution in [-0.2, 0) is 0 Å². The lowest BCUT2D eigenvalue weighted by atomic mass is 10.2. The van der Waals surface area contributed by atoms with Crippen molar-refractivity contribution in [3.8, 4) is 0 Å². The van der Waals surface area contributed by atoms with Crippen LogP contribution in [0.3, 0.4) is 0 Å². The molecule has 0 aromatic carbocycles. The van der Waals surface area contributed by atoms with E-state index in [2.05, 4.69) is 5.32 Å². The van der Waals surface area contributed by atoms with Gasteiger partial charge in [0.15, 0.2) is 5.76 Å². The standard InChI is InChI=1S/C11H16N2O2/c1-7-5-6-10(15-7)11(14)13-9-4-2-3-8(9)12/h5-6,8-9H,2-4,12H2,1H3,(H,13,14). The average molecular weight is 208 g/mol. The van der Waals surface area contributed by atoms with E-state index in [0.29, 0.717) is 5.76 Å². The molecule has 2 unspecified atom stereocenters. The second kappa shape index (κ2) is 4.06. The highest BCUT2D eigenvalue weighted by atomic mass is 16.3. The Labute approximate surface area is 88.8 Å². The van der Waals surface area contributed by atoms with Crippen molar-refractivity contribution in [3.63, 3.8) is 0 Å². The molecular weight excluding hydrogens is 192 g/mol. The fourth-order valence-electron chi connectivity index (χ4n) is 1.96. The Hall–Kier alpha value is -1.29. The summed E-state index contributed by atoms with van der Waals surface area (Å²) < 4.78 is 5.24. The number of furan rings is 1. The molecule has 0 bridgehead atoms. The second-order valence-corrected chi connectivity index (χ2v) is 4.09. The Morgan fingerprint density at radius 2 is 2.33 bits per heavy atom. The van der Waals surface area contributed by atoms with Crippen molar-refractivity contribution >= 4 is 5.91 Å². The molecule has 0 spiro atoms. The molecule has 2 rings (SSSR count). The van der Waals surface area contributed by atoms with E-state index in [1.54, 1.807) is 12.1 Å². The van der Waals surface area contributed by atoms with Crippen molar-refractivity contribution in [2.45, 2.75) is 38.3 Å². The predicted molar refractivity (Wildman–Crippen MR) is 56.5 cm³/mol. The van der Waals surface area contributed by atoms with Gasteiger partial charge in [0.25, 0.3) is 5.91 Å². The van der Waals surface area contributed by atoms with Crippen LogP contribution in [0.2, 0.25) is 0 Å². The Bertz CT molecular complexity index is 359. The van der Waals surface area contributed by atoms with E-state index in [-0.39, 0.29) is 18.0 Å². The summed E-state index contributed by atoms with van der Waals surface area (Å²) >= 11 is 0. The molecule has 1 aromatic heterocycles. The van der Waals surface area contributed by atoms with Gasteiger partial charge in [-0.3, -0.25) is 4.79 Å². The van der Waals surface area contributed by atoms with Crippen LogP contribution in [0, 0.1) is 6.92 Å². The van der Waals surface area contributed by atoms with E-state index in [1.807, 2.05) is 6.92 Å². The van der Waals surface area contributed by atoms with E-state index < -0.39 is 0 Å². The molecule has 0 radical (unpaired) electrons. The summed E-state index contributed by atoms with van der Waals surface area (Å²) in [6.07, 6.45) is 3.04. The van der Waals surface area contributed by atoms with Crippen LogP contribution in [-0.4, -0.2) is 18.0 Å². The number of rotatable bonds is 2. The number of carbonyl (C=O) groups excluding carboxylic acids is 1. The molecule has 1 aromatic rings. The summed E-state index contributed by atoms with van der Waals surface area (Å²) in [6.45, 7) is 1.82. The quantitative estimate of drug-likeness (QED) is 0.767. The molecule has 1 heterocycles. The normalized spacial score (nSPS) is 25.5. The van der Waals surface area contributed by atoms with Crippen LogP contribution in [0.25, 0.3) is 0 Å². The maximum Gasteiger partial charge on any atom is 0.287 e. The average Bonchev–Trinajstić information content (AvgIpc) is 2.77. The zero-order valence-electron chi connectivity index (χ0n) is 8.82. The highest BCUT2D eigenvalue weighted by molar-refractivity contribution is 5.91. The number of nitrogens with one attached hydrogen (secondary N) is 1. The summed E-state index contributed by atoms with van der Waals surface area (Å²) in [6, 6.07) is 3.65. The zero-order valence-corrected chi connectivity index (χ0v) is 8.82. The molecule has 1 aliphatic carbocycles. The number of hydrogen-bond donors (Lipinski definition) is 2. The largest absolute Gasteiger partial charge is 0.456 e. The molecule has 4 nitrogen and oxygen atoms in total. The summed E-state index contributed by atoms with van der Waals surface area (Å²) in [5, 5.41) is 2.90. The minimum atomic E-state index is -0.162. The van der Waals surface area contributed by atoms with E-state index in [9.17, 15) is 4.79 Å². The van der Waals surface area contributed by atoms with Gasteiger partial charge in [-0.15, -0.1) is 0 Å². The van der Waals surface area contributed by atoms with E-state index in [0.717, 1.165) is 25.0 Å². The van der Waals surface area contributed by atoms with Crippen molar-refractivity contribution in [3.05, 3.63) is 23.7 Å². The first-order valence-electron chi connectivity index (χ1n) is 5.29. The first kappa shape index (κ1) is 10.2. The molecule has 15 heavy (non-hydrogen) atoms. The molecule has 2 atom stereocenters. The fourth-order valence-corrected chi connectivity index (χ4v) is 1.96.